The first-order chi connectivity index (χ1) is 18.5. The Kier molecular flexibility index (Phi) is 7.81. The Morgan fingerprint density at radius 3 is 2.58 bits per heavy atom. The van der Waals surface area contributed by atoms with E-state index in [1.165, 1.54) is 17.2 Å². The summed E-state index contributed by atoms with van der Waals surface area (Å²) < 4.78 is 6.91. The summed E-state index contributed by atoms with van der Waals surface area (Å²) >= 11 is 0. The highest BCUT2D eigenvalue weighted by Crippen LogP contribution is 2.29. The van der Waals surface area contributed by atoms with Gasteiger partial charge in [-0.15, -0.1) is 0 Å². The number of nitrogens with zero attached hydrogens (tertiary/aromatic N) is 3. The van der Waals surface area contributed by atoms with Gasteiger partial charge in [-0.05, 0) is 68.0 Å². The van der Waals surface area contributed by atoms with Crippen LogP contribution in [-0.2, 0) is 24.2 Å². The number of anilines is 3. The molecule has 0 bridgehead atoms. The number of rotatable bonds is 9. The molecule has 9 heteroatoms. The summed E-state index contributed by atoms with van der Waals surface area (Å²) in [6.45, 7) is 5.48. The maximum Gasteiger partial charge on any atom is 0.329 e. The van der Waals surface area contributed by atoms with E-state index in [0.29, 0.717) is 31.9 Å². The minimum absolute atomic E-state index is 0.0436. The van der Waals surface area contributed by atoms with Crippen LogP contribution in [0.15, 0.2) is 58.1 Å². The van der Waals surface area contributed by atoms with E-state index in [1.54, 1.807) is 0 Å². The van der Waals surface area contributed by atoms with Gasteiger partial charge in [0.25, 0.3) is 5.56 Å². The van der Waals surface area contributed by atoms with Crippen LogP contribution in [0.2, 0.25) is 0 Å². The number of H-pyrrole nitrogens is 1. The molecule has 9 nitrogen and oxygen atoms in total. The molecule has 1 fully saturated rings. The number of nitrogens with one attached hydrogen (secondary N) is 2. The minimum Gasteiger partial charge on any atom is -0.492 e. The Balaban J connectivity index is 1.12. The lowest BCUT2D eigenvalue weighted by Crippen LogP contribution is -2.49. The smallest absolute Gasteiger partial charge is 0.329 e. The molecule has 1 saturated heterocycles. The van der Waals surface area contributed by atoms with Crippen molar-refractivity contribution < 1.29 is 9.53 Å². The van der Waals surface area contributed by atoms with Crippen LogP contribution in [0.25, 0.3) is 0 Å². The zero-order valence-corrected chi connectivity index (χ0v) is 21.9. The van der Waals surface area contributed by atoms with Gasteiger partial charge in [0.1, 0.15) is 11.6 Å². The number of fused-ring (bicyclic) bond motifs is 1. The van der Waals surface area contributed by atoms with Gasteiger partial charge in [-0.3, -0.25) is 19.1 Å². The number of ether oxygens (including phenoxy) is 1. The number of benzene rings is 2. The number of amides is 1. The number of piperazine rings is 1. The van der Waals surface area contributed by atoms with Gasteiger partial charge in [0, 0.05) is 50.9 Å². The average molecular weight is 518 g/mol. The maximum absolute atomic E-state index is 12.8. The monoisotopic (exact) mass is 517 g/mol. The van der Waals surface area contributed by atoms with Crippen molar-refractivity contribution in [3.8, 4) is 5.75 Å². The SMILES string of the molecule is CCOc1ccccc1N1CCN(C(=O)CCCn2c(=O)cc(Nc3ccc4c(c3)CCC4)[nH]c2=O)CC1. The standard InChI is InChI=1S/C29H35N5O4/c1-2-38-25-10-4-3-9-24(25)32-15-17-33(18-16-32)27(35)11-6-14-34-28(36)20-26(31-29(34)37)30-23-13-12-21-7-5-8-22(21)19-23/h3-4,9-10,12-13,19-20,30H,2,5-8,11,14-18H2,1H3,(H,31,37). The van der Waals surface area contributed by atoms with Crippen LogP contribution in [0.3, 0.4) is 0 Å². The first kappa shape index (κ1) is 25.6. The molecule has 0 spiro atoms. The summed E-state index contributed by atoms with van der Waals surface area (Å²) in [6, 6.07) is 15.5. The Hall–Kier alpha value is -4.01. The summed E-state index contributed by atoms with van der Waals surface area (Å²) in [5.74, 6) is 1.27. The molecule has 2 aromatic carbocycles. The first-order valence-electron chi connectivity index (χ1n) is 13.5. The van der Waals surface area contributed by atoms with Crippen molar-refractivity contribution in [2.24, 2.45) is 0 Å². The molecule has 200 valence electrons. The molecule has 1 aromatic heterocycles. The number of carbonyl (C=O) groups is 1. The highest BCUT2D eigenvalue weighted by atomic mass is 16.5. The normalized spacial score (nSPS) is 14.9. The van der Waals surface area contributed by atoms with Gasteiger partial charge in [-0.25, -0.2) is 4.79 Å². The Morgan fingerprint density at radius 1 is 1.00 bits per heavy atom. The fourth-order valence-electron chi connectivity index (χ4n) is 5.34. The second-order valence-corrected chi connectivity index (χ2v) is 9.81. The summed E-state index contributed by atoms with van der Waals surface area (Å²) in [7, 11) is 0. The van der Waals surface area contributed by atoms with Crippen LogP contribution in [-0.4, -0.2) is 53.1 Å². The van der Waals surface area contributed by atoms with E-state index in [1.807, 2.05) is 42.2 Å². The van der Waals surface area contributed by atoms with Gasteiger partial charge in [-0.2, -0.15) is 0 Å². The van der Waals surface area contributed by atoms with E-state index >= 15 is 0 Å². The van der Waals surface area contributed by atoms with E-state index in [9.17, 15) is 14.4 Å². The maximum atomic E-state index is 12.8. The number of hydrogen-bond acceptors (Lipinski definition) is 6. The van der Waals surface area contributed by atoms with Crippen molar-refractivity contribution in [1.82, 2.24) is 14.5 Å². The van der Waals surface area contributed by atoms with Gasteiger partial charge in [0.05, 0.1) is 12.3 Å². The molecule has 3 aromatic rings. The van der Waals surface area contributed by atoms with Crippen molar-refractivity contribution in [3.05, 3.63) is 80.5 Å². The van der Waals surface area contributed by atoms with E-state index in [-0.39, 0.29) is 24.4 Å². The molecule has 1 aliphatic heterocycles. The second kappa shape index (κ2) is 11.6. The van der Waals surface area contributed by atoms with E-state index < -0.39 is 5.69 Å². The Labute approximate surface area is 222 Å². The third-order valence-electron chi connectivity index (χ3n) is 7.31. The molecule has 0 atom stereocenters. The van der Waals surface area contributed by atoms with Crippen molar-refractivity contribution in [1.29, 1.82) is 0 Å². The summed E-state index contributed by atoms with van der Waals surface area (Å²) in [6.07, 6.45) is 4.03. The van der Waals surface area contributed by atoms with Crippen LogP contribution in [0.5, 0.6) is 5.75 Å². The Morgan fingerprint density at radius 2 is 1.79 bits per heavy atom. The molecule has 0 saturated carbocycles. The van der Waals surface area contributed by atoms with E-state index in [2.05, 4.69) is 27.3 Å². The molecule has 0 radical (unpaired) electrons. The molecular weight excluding hydrogens is 482 g/mol. The van der Waals surface area contributed by atoms with Gasteiger partial charge in [0.2, 0.25) is 5.91 Å². The van der Waals surface area contributed by atoms with Gasteiger partial charge < -0.3 is 19.9 Å². The highest BCUT2D eigenvalue weighted by molar-refractivity contribution is 5.76. The van der Waals surface area contributed by atoms with Crippen molar-refractivity contribution in [2.75, 3.05) is 43.0 Å². The van der Waals surface area contributed by atoms with Crippen molar-refractivity contribution in [3.63, 3.8) is 0 Å². The average Bonchev–Trinajstić information content (AvgIpc) is 3.39. The van der Waals surface area contributed by atoms with E-state index in [0.717, 1.165) is 54.0 Å². The topological polar surface area (TPSA) is 99.7 Å². The molecule has 38 heavy (non-hydrogen) atoms. The van der Waals surface area contributed by atoms with Gasteiger partial charge in [-0.1, -0.05) is 18.2 Å². The zero-order chi connectivity index (χ0) is 26.5. The van der Waals surface area contributed by atoms with Crippen molar-refractivity contribution in [2.45, 2.75) is 45.6 Å². The van der Waals surface area contributed by atoms with Gasteiger partial charge >= 0.3 is 5.69 Å². The van der Waals surface area contributed by atoms with Crippen LogP contribution >= 0.6 is 0 Å². The largest absolute Gasteiger partial charge is 0.492 e. The molecule has 2 heterocycles. The molecule has 2 N–H and O–H groups in total. The van der Waals surface area contributed by atoms with Crippen LogP contribution in [0.4, 0.5) is 17.2 Å². The lowest BCUT2D eigenvalue weighted by Gasteiger charge is -2.36. The number of aromatic amines is 1. The summed E-state index contributed by atoms with van der Waals surface area (Å²) in [5, 5.41) is 3.14. The number of aromatic nitrogens is 2. The third-order valence-corrected chi connectivity index (χ3v) is 7.31. The fourth-order valence-corrected chi connectivity index (χ4v) is 5.34. The fraction of sp³-hybridized carbons (Fsp3) is 0.414. The van der Waals surface area contributed by atoms with Crippen LogP contribution < -0.4 is 26.2 Å². The van der Waals surface area contributed by atoms with Crippen LogP contribution in [0.1, 0.15) is 37.3 Å². The van der Waals surface area contributed by atoms with Crippen molar-refractivity contribution >= 4 is 23.1 Å². The number of hydrogen-bond donors (Lipinski definition) is 2. The first-order valence-corrected chi connectivity index (χ1v) is 13.5. The van der Waals surface area contributed by atoms with Gasteiger partial charge in [0.15, 0.2) is 0 Å². The second-order valence-electron chi connectivity index (χ2n) is 9.81. The summed E-state index contributed by atoms with van der Waals surface area (Å²) in [5.41, 5.74) is 3.72. The molecule has 1 amide bonds. The molecule has 0 unspecified atom stereocenters. The Bertz CT molecular complexity index is 1370. The minimum atomic E-state index is -0.477. The highest BCUT2D eigenvalue weighted by Gasteiger charge is 2.23. The van der Waals surface area contributed by atoms with E-state index in [4.69, 9.17) is 4.74 Å². The number of carbonyl (C=O) groups excluding carboxylic acids is 1. The zero-order valence-electron chi connectivity index (χ0n) is 21.9. The molecule has 5 rings (SSSR count). The molecular formula is C29H35N5O4. The third kappa shape index (κ3) is 5.77. The lowest BCUT2D eigenvalue weighted by molar-refractivity contribution is -0.131. The summed E-state index contributed by atoms with van der Waals surface area (Å²) in [4.78, 5) is 44.9. The lowest BCUT2D eigenvalue weighted by atomic mass is 10.1. The number of aryl methyl sites for hydroxylation is 2. The predicted molar refractivity (Wildman–Crippen MR) is 149 cm³/mol. The quantitative estimate of drug-likeness (QED) is 0.452. The molecule has 1 aliphatic carbocycles. The van der Waals surface area contributed by atoms with Crippen LogP contribution in [0, 0.1) is 0 Å². The predicted octanol–water partition coefficient (Wildman–Crippen LogP) is 3.30. The molecule has 2 aliphatic rings. The number of para-hydroxylation sites is 2.